The van der Waals surface area contributed by atoms with E-state index in [9.17, 15) is 4.79 Å². The molecule has 6 nitrogen and oxygen atoms in total. The summed E-state index contributed by atoms with van der Waals surface area (Å²) >= 11 is 0. The van der Waals surface area contributed by atoms with Gasteiger partial charge in [-0.25, -0.2) is 14.6 Å². The van der Waals surface area contributed by atoms with Gasteiger partial charge in [-0.05, 0) is 44.6 Å². The van der Waals surface area contributed by atoms with Crippen LogP contribution in [0, 0.1) is 5.92 Å². The second kappa shape index (κ2) is 5.93. The van der Waals surface area contributed by atoms with Crippen LogP contribution in [-0.4, -0.2) is 32.8 Å². The molecule has 0 spiro atoms. The van der Waals surface area contributed by atoms with Gasteiger partial charge in [0.2, 0.25) is 0 Å². The van der Waals surface area contributed by atoms with Gasteiger partial charge < -0.3 is 4.90 Å². The summed E-state index contributed by atoms with van der Waals surface area (Å²) in [5.74, 6) is 2.17. The molecule has 0 atom stereocenters. The Hall–Kier alpha value is -2.24. The number of anilines is 1. The van der Waals surface area contributed by atoms with E-state index >= 15 is 0 Å². The van der Waals surface area contributed by atoms with Crippen molar-refractivity contribution >= 4 is 5.82 Å². The van der Waals surface area contributed by atoms with Gasteiger partial charge >= 0.3 is 0 Å². The van der Waals surface area contributed by atoms with Crippen molar-refractivity contribution in [3.63, 3.8) is 0 Å². The average molecular weight is 337 g/mol. The van der Waals surface area contributed by atoms with Crippen LogP contribution in [0.5, 0.6) is 0 Å². The largest absolute Gasteiger partial charge is 0.355 e. The lowest BCUT2D eigenvalue weighted by molar-refractivity contribution is 0.330. The van der Waals surface area contributed by atoms with Crippen molar-refractivity contribution in [2.45, 2.75) is 51.0 Å². The third-order valence-corrected chi connectivity index (χ3v) is 5.67. The van der Waals surface area contributed by atoms with Crippen LogP contribution < -0.4 is 10.5 Å². The fourth-order valence-electron chi connectivity index (χ4n) is 4.07. The number of rotatable bonds is 4. The Morgan fingerprint density at radius 2 is 1.92 bits per heavy atom. The molecular formula is C19H23N5O. The van der Waals surface area contributed by atoms with E-state index in [1.165, 1.54) is 36.9 Å². The zero-order valence-corrected chi connectivity index (χ0v) is 14.4. The lowest BCUT2D eigenvalue weighted by atomic mass is 9.93. The zero-order valence-electron chi connectivity index (χ0n) is 14.4. The molecule has 0 N–H and O–H groups in total. The minimum atomic E-state index is 0.0160. The van der Waals surface area contributed by atoms with Gasteiger partial charge in [0.1, 0.15) is 12.1 Å². The van der Waals surface area contributed by atoms with E-state index < -0.39 is 0 Å². The second-order valence-corrected chi connectivity index (χ2v) is 7.65. The van der Waals surface area contributed by atoms with E-state index in [1.807, 2.05) is 6.07 Å². The molecule has 0 radical (unpaired) electrons. The Morgan fingerprint density at radius 1 is 1.08 bits per heavy atom. The van der Waals surface area contributed by atoms with Crippen molar-refractivity contribution in [2.24, 2.45) is 5.92 Å². The molecule has 1 aliphatic heterocycles. The smallest absolute Gasteiger partial charge is 0.266 e. The average Bonchev–Trinajstić information content (AvgIpc) is 3.44. The summed E-state index contributed by atoms with van der Waals surface area (Å²) in [5, 5.41) is 4.58. The van der Waals surface area contributed by atoms with E-state index in [0.717, 1.165) is 37.4 Å². The van der Waals surface area contributed by atoms with E-state index in [1.54, 1.807) is 17.1 Å². The number of nitrogens with zero attached hydrogens (tertiary/aromatic N) is 5. The Morgan fingerprint density at radius 3 is 2.76 bits per heavy atom. The molecule has 0 bridgehead atoms. The Kier molecular flexibility index (Phi) is 3.57. The highest BCUT2D eigenvalue weighted by molar-refractivity contribution is 5.51. The third-order valence-electron chi connectivity index (χ3n) is 5.67. The maximum absolute atomic E-state index is 12.1. The summed E-state index contributed by atoms with van der Waals surface area (Å²) in [5.41, 5.74) is 3.68. The maximum Gasteiger partial charge on any atom is 0.266 e. The number of aryl methyl sites for hydroxylation is 1. The van der Waals surface area contributed by atoms with Crippen LogP contribution in [0.15, 0.2) is 23.3 Å². The van der Waals surface area contributed by atoms with Gasteiger partial charge in [-0.2, -0.15) is 5.10 Å². The summed E-state index contributed by atoms with van der Waals surface area (Å²) in [6.45, 7) is 2.61. The summed E-state index contributed by atoms with van der Waals surface area (Å²) in [6.07, 6.45) is 8.77. The van der Waals surface area contributed by atoms with Crippen LogP contribution in [0.25, 0.3) is 0 Å². The molecule has 0 amide bonds. The minimum absolute atomic E-state index is 0.0160. The fourth-order valence-corrected chi connectivity index (χ4v) is 4.07. The molecular weight excluding hydrogens is 314 g/mol. The Labute approximate surface area is 146 Å². The van der Waals surface area contributed by atoms with E-state index in [2.05, 4.69) is 20.0 Å². The van der Waals surface area contributed by atoms with Gasteiger partial charge in [0.25, 0.3) is 5.56 Å². The number of hydrogen-bond donors (Lipinski definition) is 0. The molecule has 0 aromatic carbocycles. The summed E-state index contributed by atoms with van der Waals surface area (Å²) < 4.78 is 1.67. The van der Waals surface area contributed by atoms with Gasteiger partial charge in [-0.15, -0.1) is 0 Å². The molecule has 3 aliphatic rings. The van der Waals surface area contributed by atoms with Crippen molar-refractivity contribution in [1.29, 1.82) is 0 Å². The van der Waals surface area contributed by atoms with E-state index in [-0.39, 0.29) is 5.56 Å². The van der Waals surface area contributed by atoms with Gasteiger partial charge in [0.15, 0.2) is 0 Å². The fraction of sp³-hybridized carbons (Fsp3) is 0.579. The highest BCUT2D eigenvalue weighted by Gasteiger charge is 2.32. The van der Waals surface area contributed by atoms with Crippen molar-refractivity contribution in [2.75, 3.05) is 18.0 Å². The molecule has 2 aromatic rings. The van der Waals surface area contributed by atoms with Crippen LogP contribution in [0.3, 0.4) is 0 Å². The molecule has 130 valence electrons. The highest BCUT2D eigenvalue weighted by Crippen LogP contribution is 2.38. The van der Waals surface area contributed by atoms with Gasteiger partial charge in [0.05, 0.1) is 12.2 Å². The first-order chi connectivity index (χ1) is 12.3. The zero-order chi connectivity index (χ0) is 16.8. The molecule has 1 saturated heterocycles. The molecule has 6 heteroatoms. The third kappa shape index (κ3) is 2.83. The van der Waals surface area contributed by atoms with Crippen molar-refractivity contribution in [3.05, 3.63) is 45.8 Å². The number of hydrogen-bond acceptors (Lipinski definition) is 5. The molecule has 2 aliphatic carbocycles. The number of aromatic nitrogens is 4. The standard InChI is InChI=1S/C19H23N5O/c25-18-8-7-16(14-5-6-14)22-24(18)11-13-9-23(10-13)19-15-3-1-2-4-17(15)20-12-21-19/h7-8,12-14H,1-6,9-11H2. The lowest BCUT2D eigenvalue weighted by Crippen LogP contribution is -2.50. The maximum atomic E-state index is 12.1. The number of fused-ring (bicyclic) bond motifs is 1. The van der Waals surface area contributed by atoms with Crippen LogP contribution in [0.4, 0.5) is 5.82 Å². The van der Waals surface area contributed by atoms with Crippen LogP contribution in [0.2, 0.25) is 0 Å². The highest BCUT2D eigenvalue weighted by atomic mass is 16.1. The molecule has 1 saturated carbocycles. The van der Waals surface area contributed by atoms with Crippen LogP contribution in [0.1, 0.15) is 48.6 Å². The molecule has 2 aromatic heterocycles. The van der Waals surface area contributed by atoms with Crippen LogP contribution in [-0.2, 0) is 19.4 Å². The Balaban J connectivity index is 1.28. The lowest BCUT2D eigenvalue weighted by Gasteiger charge is -2.41. The Bertz CT molecular complexity index is 851. The first-order valence-electron chi connectivity index (χ1n) is 9.43. The quantitative estimate of drug-likeness (QED) is 0.853. The summed E-state index contributed by atoms with van der Waals surface area (Å²) in [7, 11) is 0. The van der Waals surface area contributed by atoms with E-state index in [0.29, 0.717) is 18.4 Å². The minimum Gasteiger partial charge on any atom is -0.355 e. The van der Waals surface area contributed by atoms with Crippen LogP contribution >= 0.6 is 0 Å². The normalized spacial score (nSPS) is 20.2. The first-order valence-corrected chi connectivity index (χ1v) is 9.43. The van der Waals surface area contributed by atoms with Gasteiger partial charge in [-0.3, -0.25) is 4.79 Å². The molecule has 0 unspecified atom stereocenters. The topological polar surface area (TPSA) is 63.9 Å². The SMILES string of the molecule is O=c1ccc(C2CC2)nn1CC1CN(c2ncnc3c2CCCC3)C1. The summed E-state index contributed by atoms with van der Waals surface area (Å²) in [6, 6.07) is 3.58. The monoisotopic (exact) mass is 337 g/mol. The molecule has 2 fully saturated rings. The second-order valence-electron chi connectivity index (χ2n) is 7.65. The van der Waals surface area contributed by atoms with Crippen molar-refractivity contribution in [1.82, 2.24) is 19.7 Å². The predicted molar refractivity (Wildman–Crippen MR) is 94.8 cm³/mol. The molecule has 5 rings (SSSR count). The summed E-state index contributed by atoms with van der Waals surface area (Å²) in [4.78, 5) is 23.4. The van der Waals surface area contributed by atoms with Crippen molar-refractivity contribution < 1.29 is 0 Å². The van der Waals surface area contributed by atoms with Crippen molar-refractivity contribution in [3.8, 4) is 0 Å². The van der Waals surface area contributed by atoms with Gasteiger partial charge in [0, 0.05) is 42.2 Å². The molecule has 3 heterocycles. The first kappa shape index (κ1) is 15.0. The molecule has 25 heavy (non-hydrogen) atoms. The predicted octanol–water partition coefficient (Wildman–Crippen LogP) is 1.93. The van der Waals surface area contributed by atoms with Gasteiger partial charge in [-0.1, -0.05) is 0 Å². The van der Waals surface area contributed by atoms with E-state index in [4.69, 9.17) is 0 Å².